The lowest BCUT2D eigenvalue weighted by Crippen LogP contribution is -1.92. The van der Waals surface area contributed by atoms with Gasteiger partial charge in [-0.2, -0.15) is 10.4 Å². The summed E-state index contributed by atoms with van der Waals surface area (Å²) >= 11 is 5.94. The molecule has 3 rings (SSSR count). The van der Waals surface area contributed by atoms with Crippen molar-refractivity contribution in [3.05, 3.63) is 58.6 Å². The van der Waals surface area contributed by atoms with Crippen LogP contribution in [-0.2, 0) is 0 Å². The first-order valence-electron chi connectivity index (χ1n) is 7.14. The van der Waals surface area contributed by atoms with Crippen molar-refractivity contribution in [1.82, 2.24) is 10.2 Å². The summed E-state index contributed by atoms with van der Waals surface area (Å²) in [7, 11) is 0. The number of nitrogens with zero attached hydrogens (tertiary/aromatic N) is 3. The Balaban J connectivity index is 1.88. The third kappa shape index (κ3) is 3.71. The highest BCUT2D eigenvalue weighted by Gasteiger charge is 2.12. The van der Waals surface area contributed by atoms with Crippen molar-refractivity contribution >= 4 is 35.1 Å². The molecule has 124 valence electrons. The van der Waals surface area contributed by atoms with Crippen LogP contribution in [0, 0.1) is 11.3 Å². The highest BCUT2D eigenvalue weighted by atomic mass is 35.5. The van der Waals surface area contributed by atoms with Crippen molar-refractivity contribution in [3.63, 3.8) is 0 Å². The lowest BCUT2D eigenvalue weighted by Gasteiger charge is -2.03. The van der Waals surface area contributed by atoms with Crippen LogP contribution in [0.25, 0.3) is 0 Å². The number of rotatable bonds is 4. The second-order valence-corrected chi connectivity index (χ2v) is 5.48. The average molecular weight is 354 g/mol. The summed E-state index contributed by atoms with van der Waals surface area (Å²) in [5.41, 5.74) is 1.20. The first-order valence-corrected chi connectivity index (χ1v) is 7.51. The highest BCUT2D eigenvalue weighted by molar-refractivity contribution is 6.30. The minimum absolute atomic E-state index is 0.00917. The standard InChI is InChI=1S/C17H12ClN5O2/c18-11-2-1-3-12(7-11)21-17-14(8-19)16(22-23-17)20-9-10-6-13(24)4-5-15(10)25/h1-7,9,24-25H,(H2,21,22,23). The van der Waals surface area contributed by atoms with Crippen LogP contribution in [-0.4, -0.2) is 26.6 Å². The van der Waals surface area contributed by atoms with Gasteiger partial charge >= 0.3 is 0 Å². The van der Waals surface area contributed by atoms with Gasteiger partial charge < -0.3 is 15.5 Å². The van der Waals surface area contributed by atoms with Gasteiger partial charge in [0.25, 0.3) is 0 Å². The Kier molecular flexibility index (Phi) is 4.55. The Morgan fingerprint density at radius 3 is 2.84 bits per heavy atom. The molecule has 0 atom stereocenters. The smallest absolute Gasteiger partial charge is 0.193 e. The summed E-state index contributed by atoms with van der Waals surface area (Å²) in [6, 6.07) is 13.1. The normalized spacial score (nSPS) is 10.7. The molecular weight excluding hydrogens is 342 g/mol. The minimum Gasteiger partial charge on any atom is -0.508 e. The van der Waals surface area contributed by atoms with Gasteiger partial charge in [-0.3, -0.25) is 5.10 Å². The fourth-order valence-corrected chi connectivity index (χ4v) is 2.30. The van der Waals surface area contributed by atoms with Gasteiger partial charge in [-0.25, -0.2) is 4.99 Å². The lowest BCUT2D eigenvalue weighted by atomic mass is 10.2. The number of nitrogens with one attached hydrogen (secondary N) is 2. The Hall–Kier alpha value is -3.50. The molecule has 0 bridgehead atoms. The summed E-state index contributed by atoms with van der Waals surface area (Å²) in [6.45, 7) is 0. The molecule has 0 saturated heterocycles. The summed E-state index contributed by atoms with van der Waals surface area (Å²) in [5, 5.41) is 38.8. The molecule has 0 saturated carbocycles. The van der Waals surface area contributed by atoms with E-state index in [4.69, 9.17) is 11.6 Å². The molecular formula is C17H12ClN5O2. The van der Waals surface area contributed by atoms with Crippen molar-refractivity contribution in [2.24, 2.45) is 4.99 Å². The quantitative estimate of drug-likeness (QED) is 0.420. The molecule has 1 heterocycles. The predicted octanol–water partition coefficient (Wildman–Crippen LogP) is 3.84. The van der Waals surface area contributed by atoms with Crippen LogP contribution < -0.4 is 5.32 Å². The molecule has 0 radical (unpaired) electrons. The topological polar surface area (TPSA) is 117 Å². The Morgan fingerprint density at radius 2 is 2.08 bits per heavy atom. The lowest BCUT2D eigenvalue weighted by molar-refractivity contribution is 0.459. The maximum Gasteiger partial charge on any atom is 0.193 e. The highest BCUT2D eigenvalue weighted by Crippen LogP contribution is 2.27. The molecule has 8 heteroatoms. The van der Waals surface area contributed by atoms with Gasteiger partial charge in [-0.15, -0.1) is 0 Å². The molecule has 1 aromatic heterocycles. The second kappa shape index (κ2) is 6.95. The summed E-state index contributed by atoms with van der Waals surface area (Å²) < 4.78 is 0. The zero-order chi connectivity index (χ0) is 17.8. The van der Waals surface area contributed by atoms with Gasteiger partial charge in [-0.05, 0) is 36.4 Å². The monoisotopic (exact) mass is 353 g/mol. The van der Waals surface area contributed by atoms with E-state index in [0.717, 1.165) is 0 Å². The maximum absolute atomic E-state index is 9.75. The number of H-pyrrole nitrogens is 1. The summed E-state index contributed by atoms with van der Waals surface area (Å²) in [4.78, 5) is 4.10. The van der Waals surface area contributed by atoms with Crippen LogP contribution >= 0.6 is 11.6 Å². The van der Waals surface area contributed by atoms with E-state index in [0.29, 0.717) is 22.1 Å². The predicted molar refractivity (Wildman–Crippen MR) is 95.1 cm³/mol. The fourth-order valence-electron chi connectivity index (χ4n) is 2.11. The SMILES string of the molecule is N#Cc1c(N=Cc2cc(O)ccc2O)n[nH]c1Nc1cccc(Cl)c1. The Bertz CT molecular complexity index is 991. The molecule has 7 nitrogen and oxygen atoms in total. The van der Waals surface area contributed by atoms with Crippen LogP contribution in [0.2, 0.25) is 5.02 Å². The number of hydrogen-bond acceptors (Lipinski definition) is 6. The number of phenols is 2. The largest absolute Gasteiger partial charge is 0.508 e. The van der Waals surface area contributed by atoms with Crippen molar-refractivity contribution in [1.29, 1.82) is 5.26 Å². The number of phenolic OH excluding ortho intramolecular Hbond substituents is 2. The first kappa shape index (κ1) is 16.4. The van der Waals surface area contributed by atoms with Crippen molar-refractivity contribution in [2.75, 3.05) is 5.32 Å². The zero-order valence-corrected chi connectivity index (χ0v) is 13.5. The number of aromatic nitrogens is 2. The number of halogens is 1. The zero-order valence-electron chi connectivity index (χ0n) is 12.7. The van der Waals surface area contributed by atoms with Crippen LogP contribution in [0.4, 0.5) is 17.3 Å². The Labute approximate surface area is 147 Å². The maximum atomic E-state index is 9.75. The molecule has 2 aromatic carbocycles. The average Bonchev–Trinajstić information content (AvgIpc) is 2.97. The molecule has 3 aromatic rings. The summed E-state index contributed by atoms with van der Waals surface area (Å²) in [6.07, 6.45) is 1.31. The number of hydrogen-bond donors (Lipinski definition) is 4. The molecule has 25 heavy (non-hydrogen) atoms. The van der Waals surface area contributed by atoms with Crippen molar-refractivity contribution in [2.45, 2.75) is 0 Å². The van der Waals surface area contributed by atoms with Gasteiger partial charge in [0.2, 0.25) is 0 Å². The molecule has 0 spiro atoms. The number of nitriles is 1. The number of aliphatic imine (C=N–C) groups is 1. The van der Waals surface area contributed by atoms with Gasteiger partial charge in [0.1, 0.15) is 28.9 Å². The molecule has 4 N–H and O–H groups in total. The number of anilines is 2. The number of aromatic hydroxyl groups is 2. The van der Waals surface area contributed by atoms with Gasteiger partial charge in [-0.1, -0.05) is 17.7 Å². The molecule has 0 fully saturated rings. The van der Waals surface area contributed by atoms with Crippen LogP contribution in [0.5, 0.6) is 11.5 Å². The van der Waals surface area contributed by atoms with E-state index in [1.54, 1.807) is 24.3 Å². The molecule has 0 aliphatic rings. The van der Waals surface area contributed by atoms with E-state index in [2.05, 4.69) is 20.5 Å². The van der Waals surface area contributed by atoms with Gasteiger partial charge in [0.15, 0.2) is 5.82 Å². The van der Waals surface area contributed by atoms with E-state index < -0.39 is 0 Å². The molecule has 0 amide bonds. The fraction of sp³-hybridized carbons (Fsp3) is 0. The number of benzene rings is 2. The molecule has 0 aliphatic heterocycles. The van der Waals surface area contributed by atoms with E-state index in [1.165, 1.54) is 24.4 Å². The van der Waals surface area contributed by atoms with Crippen LogP contribution in [0.15, 0.2) is 47.5 Å². The van der Waals surface area contributed by atoms with Crippen LogP contribution in [0.1, 0.15) is 11.1 Å². The molecule has 0 unspecified atom stereocenters. The van der Waals surface area contributed by atoms with Crippen molar-refractivity contribution < 1.29 is 10.2 Å². The Morgan fingerprint density at radius 1 is 1.24 bits per heavy atom. The third-order valence-electron chi connectivity index (χ3n) is 3.29. The van der Waals surface area contributed by atoms with Gasteiger partial charge in [0.05, 0.1) is 0 Å². The van der Waals surface area contributed by atoms with E-state index in [1.807, 2.05) is 6.07 Å². The van der Waals surface area contributed by atoms with Crippen molar-refractivity contribution in [3.8, 4) is 17.6 Å². The minimum atomic E-state index is -0.0483. The number of aromatic amines is 1. The second-order valence-electron chi connectivity index (χ2n) is 5.05. The molecule has 0 aliphatic carbocycles. The summed E-state index contributed by atoms with van der Waals surface area (Å²) in [5.74, 6) is 0.463. The third-order valence-corrected chi connectivity index (χ3v) is 3.53. The van der Waals surface area contributed by atoms with E-state index >= 15 is 0 Å². The van der Waals surface area contributed by atoms with Gasteiger partial charge in [0, 0.05) is 22.5 Å². The van der Waals surface area contributed by atoms with Crippen LogP contribution in [0.3, 0.4) is 0 Å². The first-order chi connectivity index (χ1) is 12.1. The van der Waals surface area contributed by atoms with E-state index in [9.17, 15) is 15.5 Å². The van der Waals surface area contributed by atoms with E-state index in [-0.39, 0.29) is 22.9 Å².